The van der Waals surface area contributed by atoms with Crippen molar-refractivity contribution >= 4 is 25.6 Å². The first-order valence-corrected chi connectivity index (χ1v) is 8.52. The molecule has 1 aromatic carbocycles. The van der Waals surface area contributed by atoms with Crippen molar-refractivity contribution in [1.29, 1.82) is 0 Å². The number of rotatable bonds is 6. The van der Waals surface area contributed by atoms with Crippen molar-refractivity contribution in [3.05, 3.63) is 23.8 Å². The lowest BCUT2D eigenvalue weighted by Crippen LogP contribution is -2.35. The molecule has 0 bridgehead atoms. The van der Waals surface area contributed by atoms with Crippen molar-refractivity contribution in [3.63, 3.8) is 0 Å². The molecule has 1 rings (SSSR count). The molecule has 0 spiro atoms. The summed E-state index contributed by atoms with van der Waals surface area (Å²) in [6.07, 6.45) is 0.840. The summed E-state index contributed by atoms with van der Waals surface area (Å²) < 4.78 is 27.8. The summed E-state index contributed by atoms with van der Waals surface area (Å²) in [6.45, 7) is 5.38. The van der Waals surface area contributed by atoms with Crippen LogP contribution in [0.5, 0.6) is 5.75 Å². The number of halogens is 1. The molecule has 0 aliphatic heterocycles. The molecule has 5 nitrogen and oxygen atoms in total. The Labute approximate surface area is 123 Å². The molecule has 0 aromatic heterocycles. The average molecular weight is 320 g/mol. The molecule has 0 saturated carbocycles. The van der Waals surface area contributed by atoms with Gasteiger partial charge in [0.2, 0.25) is 0 Å². The first-order chi connectivity index (χ1) is 9.24. The highest BCUT2D eigenvalue weighted by Crippen LogP contribution is 2.23. The second-order valence-electron chi connectivity index (χ2n) is 4.53. The highest BCUT2D eigenvalue weighted by Gasteiger charge is 2.14. The molecule has 0 aliphatic rings. The monoisotopic (exact) mass is 319 g/mol. The lowest BCUT2D eigenvalue weighted by Gasteiger charge is -2.12. The molecule has 1 unspecified atom stereocenters. The Morgan fingerprint density at radius 2 is 2.10 bits per heavy atom. The highest BCUT2D eigenvalue weighted by molar-refractivity contribution is 8.13. The van der Waals surface area contributed by atoms with E-state index in [4.69, 9.17) is 15.4 Å². The Hall–Kier alpha value is -1.27. The van der Waals surface area contributed by atoms with E-state index in [2.05, 4.69) is 5.32 Å². The van der Waals surface area contributed by atoms with Gasteiger partial charge in [0.25, 0.3) is 15.0 Å². The fourth-order valence-corrected chi connectivity index (χ4v) is 2.75. The number of hydrogen-bond acceptors (Lipinski definition) is 4. The molecule has 1 aromatic rings. The third-order valence-electron chi connectivity index (χ3n) is 2.80. The van der Waals surface area contributed by atoms with E-state index in [0.29, 0.717) is 11.3 Å². The van der Waals surface area contributed by atoms with Gasteiger partial charge in [-0.1, -0.05) is 6.92 Å². The zero-order valence-electron chi connectivity index (χ0n) is 11.6. The van der Waals surface area contributed by atoms with Crippen molar-refractivity contribution in [2.45, 2.75) is 38.1 Å². The molecule has 1 amide bonds. The molecular formula is C13H18ClNO4S. The summed E-state index contributed by atoms with van der Waals surface area (Å²) >= 11 is 0. The zero-order chi connectivity index (χ0) is 15.3. The third kappa shape index (κ3) is 5.02. The minimum absolute atomic E-state index is 0.0376. The van der Waals surface area contributed by atoms with Crippen LogP contribution in [0.3, 0.4) is 0 Å². The van der Waals surface area contributed by atoms with Gasteiger partial charge >= 0.3 is 0 Å². The van der Waals surface area contributed by atoms with Crippen LogP contribution in [0, 0.1) is 6.92 Å². The van der Waals surface area contributed by atoms with Crippen LogP contribution in [0.1, 0.15) is 25.8 Å². The Balaban J connectivity index is 2.67. The van der Waals surface area contributed by atoms with Crippen LogP contribution >= 0.6 is 10.7 Å². The van der Waals surface area contributed by atoms with E-state index >= 15 is 0 Å². The Morgan fingerprint density at radius 1 is 1.45 bits per heavy atom. The Bertz CT molecular complexity index is 586. The normalized spacial score (nSPS) is 12.8. The standard InChI is InChI=1S/C13H18ClNO4S/c1-4-10(3)15-13(16)8-19-11-5-6-12(9(2)7-11)20(14,17)18/h5-7,10H,4,8H2,1-3H3,(H,15,16). The zero-order valence-corrected chi connectivity index (χ0v) is 13.2. The maximum atomic E-state index is 11.5. The SMILES string of the molecule is CCC(C)NC(=O)COc1ccc(S(=O)(=O)Cl)c(C)c1. The van der Waals surface area contributed by atoms with Crippen LogP contribution in [0.25, 0.3) is 0 Å². The van der Waals surface area contributed by atoms with Crippen LogP contribution in [0.4, 0.5) is 0 Å². The lowest BCUT2D eigenvalue weighted by molar-refractivity contribution is -0.123. The predicted molar refractivity (Wildman–Crippen MR) is 77.6 cm³/mol. The largest absolute Gasteiger partial charge is 0.484 e. The number of hydrogen-bond donors (Lipinski definition) is 1. The molecule has 112 valence electrons. The van der Waals surface area contributed by atoms with E-state index in [1.54, 1.807) is 6.92 Å². The van der Waals surface area contributed by atoms with Gasteiger partial charge in [0, 0.05) is 16.7 Å². The maximum Gasteiger partial charge on any atom is 0.261 e. The Kier molecular flexibility index (Phi) is 5.83. The molecule has 0 heterocycles. The van der Waals surface area contributed by atoms with Gasteiger partial charge in [-0.2, -0.15) is 0 Å². The summed E-state index contributed by atoms with van der Waals surface area (Å²) in [5.41, 5.74) is 0.472. The smallest absolute Gasteiger partial charge is 0.261 e. The van der Waals surface area contributed by atoms with Gasteiger partial charge < -0.3 is 10.1 Å². The van der Waals surface area contributed by atoms with Crippen molar-refractivity contribution in [3.8, 4) is 5.75 Å². The Morgan fingerprint density at radius 3 is 2.60 bits per heavy atom. The van der Waals surface area contributed by atoms with E-state index in [9.17, 15) is 13.2 Å². The number of ether oxygens (including phenoxy) is 1. The van der Waals surface area contributed by atoms with Gasteiger partial charge in [0.15, 0.2) is 6.61 Å². The average Bonchev–Trinajstić information content (AvgIpc) is 2.34. The van der Waals surface area contributed by atoms with Gasteiger partial charge in [-0.25, -0.2) is 8.42 Å². The summed E-state index contributed by atoms with van der Waals surface area (Å²) in [7, 11) is 1.52. The quantitative estimate of drug-likeness (QED) is 0.816. The molecule has 0 radical (unpaired) electrons. The van der Waals surface area contributed by atoms with E-state index < -0.39 is 9.05 Å². The first-order valence-electron chi connectivity index (χ1n) is 6.21. The molecular weight excluding hydrogens is 302 g/mol. The number of nitrogens with one attached hydrogen (secondary N) is 1. The molecule has 0 aliphatic carbocycles. The van der Waals surface area contributed by atoms with Crippen LogP contribution in [-0.2, 0) is 13.8 Å². The lowest BCUT2D eigenvalue weighted by atomic mass is 10.2. The van der Waals surface area contributed by atoms with Gasteiger partial charge in [-0.05, 0) is 44.0 Å². The van der Waals surface area contributed by atoms with E-state index in [1.165, 1.54) is 18.2 Å². The van der Waals surface area contributed by atoms with E-state index in [-0.39, 0.29) is 23.5 Å². The number of benzene rings is 1. The van der Waals surface area contributed by atoms with Gasteiger partial charge in [-0.3, -0.25) is 4.79 Å². The van der Waals surface area contributed by atoms with E-state index in [0.717, 1.165) is 6.42 Å². The minimum Gasteiger partial charge on any atom is -0.484 e. The molecule has 20 heavy (non-hydrogen) atoms. The van der Waals surface area contributed by atoms with Crippen LogP contribution in [0.2, 0.25) is 0 Å². The molecule has 1 atom stereocenters. The van der Waals surface area contributed by atoms with Crippen LogP contribution in [-0.4, -0.2) is 27.0 Å². The van der Waals surface area contributed by atoms with Crippen molar-refractivity contribution in [2.24, 2.45) is 0 Å². The molecule has 0 fully saturated rings. The van der Waals surface area contributed by atoms with Gasteiger partial charge in [0.1, 0.15) is 5.75 Å². The van der Waals surface area contributed by atoms with Crippen LogP contribution in [0.15, 0.2) is 23.1 Å². The first kappa shape index (κ1) is 16.8. The number of carbonyl (C=O) groups is 1. The maximum absolute atomic E-state index is 11.5. The minimum atomic E-state index is -3.76. The molecule has 1 N–H and O–H groups in total. The van der Waals surface area contributed by atoms with Crippen LogP contribution < -0.4 is 10.1 Å². The number of carbonyl (C=O) groups excluding carboxylic acids is 1. The fraction of sp³-hybridized carbons (Fsp3) is 0.462. The predicted octanol–water partition coefficient (Wildman–Crippen LogP) is 2.22. The summed E-state index contributed by atoms with van der Waals surface area (Å²) in [5.74, 6) is 0.205. The topological polar surface area (TPSA) is 72.5 Å². The summed E-state index contributed by atoms with van der Waals surface area (Å²) in [6, 6.07) is 4.46. The summed E-state index contributed by atoms with van der Waals surface area (Å²) in [4.78, 5) is 11.6. The number of aryl methyl sites for hydroxylation is 1. The second-order valence-corrected chi connectivity index (χ2v) is 7.06. The van der Waals surface area contributed by atoms with E-state index in [1.807, 2.05) is 13.8 Å². The summed E-state index contributed by atoms with van der Waals surface area (Å²) in [5, 5.41) is 2.77. The fourth-order valence-electron chi connectivity index (χ4n) is 1.55. The van der Waals surface area contributed by atoms with Crippen molar-refractivity contribution in [1.82, 2.24) is 5.32 Å². The second kappa shape index (κ2) is 6.95. The van der Waals surface area contributed by atoms with Gasteiger partial charge in [-0.15, -0.1) is 0 Å². The molecule has 0 saturated heterocycles. The third-order valence-corrected chi connectivity index (χ3v) is 4.28. The molecule has 7 heteroatoms. The van der Waals surface area contributed by atoms with Gasteiger partial charge in [0.05, 0.1) is 4.90 Å². The van der Waals surface area contributed by atoms with Crippen molar-refractivity contribution < 1.29 is 17.9 Å². The highest BCUT2D eigenvalue weighted by atomic mass is 35.7. The van der Waals surface area contributed by atoms with Crippen molar-refractivity contribution in [2.75, 3.05) is 6.61 Å². The number of amides is 1.